The van der Waals surface area contributed by atoms with Crippen LogP contribution in [0.2, 0.25) is 0 Å². The van der Waals surface area contributed by atoms with Crippen molar-refractivity contribution in [2.45, 2.75) is 33.6 Å². The predicted molar refractivity (Wildman–Crippen MR) is 52.8 cm³/mol. The van der Waals surface area contributed by atoms with Gasteiger partial charge in [-0.15, -0.1) is 6.58 Å². The number of rotatable bonds is 3. The van der Waals surface area contributed by atoms with Gasteiger partial charge in [-0.3, -0.25) is 0 Å². The summed E-state index contributed by atoms with van der Waals surface area (Å²) in [7, 11) is 0. The minimum atomic E-state index is 0.694. The van der Waals surface area contributed by atoms with Gasteiger partial charge in [0, 0.05) is 0 Å². The molecular weight excluding hydrogens is 144 g/mol. The molecule has 0 aromatic rings. The zero-order valence-electron chi connectivity index (χ0n) is 8.51. The molecular formula is C12H20. The number of allylic oxidation sites excluding steroid dienone is 1. The van der Waals surface area contributed by atoms with Gasteiger partial charge >= 0.3 is 0 Å². The van der Waals surface area contributed by atoms with E-state index in [1.165, 1.54) is 12.8 Å². The lowest BCUT2D eigenvalue weighted by Crippen LogP contribution is -2.26. The molecule has 5 atom stereocenters. The Labute approximate surface area is 76.1 Å². The minimum Gasteiger partial charge on any atom is -0.103 e. The quantitative estimate of drug-likeness (QED) is 0.560. The van der Waals surface area contributed by atoms with Crippen molar-refractivity contribution in [2.75, 3.05) is 0 Å². The van der Waals surface area contributed by atoms with E-state index < -0.39 is 0 Å². The van der Waals surface area contributed by atoms with Gasteiger partial charge in [0.1, 0.15) is 0 Å². The maximum absolute atomic E-state index is 3.96. The Kier molecular flexibility index (Phi) is 1.65. The number of hydrogen-bond donors (Lipinski definition) is 0. The van der Waals surface area contributed by atoms with Crippen LogP contribution in [0.4, 0.5) is 0 Å². The first-order valence-corrected chi connectivity index (χ1v) is 5.33. The van der Waals surface area contributed by atoms with Gasteiger partial charge in [-0.25, -0.2) is 0 Å². The largest absolute Gasteiger partial charge is 0.103 e. The fraction of sp³-hybridized carbons (Fsp3) is 0.833. The molecule has 0 radical (unpaired) electrons. The van der Waals surface area contributed by atoms with Crippen molar-refractivity contribution in [3.05, 3.63) is 12.7 Å². The van der Waals surface area contributed by atoms with Gasteiger partial charge in [-0.05, 0) is 29.1 Å². The van der Waals surface area contributed by atoms with Gasteiger partial charge in [-0.1, -0.05) is 39.7 Å². The van der Waals surface area contributed by atoms with Crippen LogP contribution in [0, 0.1) is 29.1 Å². The summed E-state index contributed by atoms with van der Waals surface area (Å²) >= 11 is 0. The van der Waals surface area contributed by atoms with E-state index in [2.05, 4.69) is 33.4 Å². The smallest absolute Gasteiger partial charge is 0.0168 e. The Bertz CT molecular complexity index is 200. The molecule has 12 heavy (non-hydrogen) atoms. The van der Waals surface area contributed by atoms with Crippen LogP contribution in [0.15, 0.2) is 12.7 Å². The lowest BCUT2D eigenvalue weighted by atomic mass is 9.72. The zero-order chi connectivity index (χ0) is 8.93. The summed E-state index contributed by atoms with van der Waals surface area (Å²) in [5.74, 6) is 3.88. The topological polar surface area (TPSA) is 0 Å². The lowest BCUT2D eigenvalue weighted by Gasteiger charge is -2.32. The van der Waals surface area contributed by atoms with Crippen LogP contribution < -0.4 is 0 Å². The van der Waals surface area contributed by atoms with E-state index in [9.17, 15) is 0 Å². The average molecular weight is 164 g/mol. The summed E-state index contributed by atoms with van der Waals surface area (Å²) in [6, 6.07) is 0. The number of fused-ring (bicyclic) bond motifs is 1. The molecule has 0 heteroatoms. The normalized spacial score (nSPS) is 55.6. The minimum absolute atomic E-state index is 0.694. The molecule has 0 saturated heterocycles. The molecule has 0 N–H and O–H groups in total. The maximum Gasteiger partial charge on any atom is -0.0168 e. The van der Waals surface area contributed by atoms with Crippen molar-refractivity contribution < 1.29 is 0 Å². The monoisotopic (exact) mass is 164 g/mol. The van der Waals surface area contributed by atoms with E-state index >= 15 is 0 Å². The van der Waals surface area contributed by atoms with Crippen LogP contribution in [0.5, 0.6) is 0 Å². The van der Waals surface area contributed by atoms with E-state index in [1.54, 1.807) is 0 Å². The Morgan fingerprint density at radius 1 is 1.33 bits per heavy atom. The Morgan fingerprint density at radius 3 is 2.33 bits per heavy atom. The molecule has 2 aliphatic carbocycles. The Morgan fingerprint density at radius 2 is 2.00 bits per heavy atom. The molecule has 0 amide bonds. The lowest BCUT2D eigenvalue weighted by molar-refractivity contribution is 0.196. The van der Waals surface area contributed by atoms with Gasteiger partial charge in [0.25, 0.3) is 0 Å². The zero-order valence-corrected chi connectivity index (χ0v) is 8.51. The summed E-state index contributed by atoms with van der Waals surface area (Å²) < 4.78 is 0. The van der Waals surface area contributed by atoms with Crippen molar-refractivity contribution in [1.82, 2.24) is 0 Å². The highest BCUT2D eigenvalue weighted by Gasteiger charge is 2.73. The summed E-state index contributed by atoms with van der Waals surface area (Å²) in [6.07, 6.45) is 4.92. The van der Waals surface area contributed by atoms with Gasteiger partial charge in [0.15, 0.2) is 0 Å². The van der Waals surface area contributed by atoms with Crippen molar-refractivity contribution in [1.29, 1.82) is 0 Å². The fourth-order valence-corrected chi connectivity index (χ4v) is 3.75. The predicted octanol–water partition coefficient (Wildman–Crippen LogP) is 3.49. The van der Waals surface area contributed by atoms with Gasteiger partial charge in [0.05, 0.1) is 0 Å². The standard InChI is InChI=1S/C12H20/c1-5-8-9(6-2)11-10(8)12(11,4)7-3/h5,8-11H,1,6-7H2,2-4H3. The van der Waals surface area contributed by atoms with Gasteiger partial charge < -0.3 is 0 Å². The molecule has 0 bridgehead atoms. The molecule has 2 fully saturated rings. The van der Waals surface area contributed by atoms with E-state index in [1.807, 2.05) is 0 Å². The van der Waals surface area contributed by atoms with E-state index in [4.69, 9.17) is 0 Å². The van der Waals surface area contributed by atoms with Gasteiger partial charge in [-0.2, -0.15) is 0 Å². The SMILES string of the molecule is C=CC1C(CC)C2C1C2(C)CC. The summed E-state index contributed by atoms with van der Waals surface area (Å²) in [5, 5.41) is 0. The molecule has 5 unspecified atom stereocenters. The molecule has 0 heterocycles. The first-order valence-electron chi connectivity index (χ1n) is 5.33. The molecule has 2 saturated carbocycles. The van der Waals surface area contributed by atoms with E-state index in [-0.39, 0.29) is 0 Å². The van der Waals surface area contributed by atoms with Crippen LogP contribution in [0.1, 0.15) is 33.6 Å². The molecule has 2 rings (SSSR count). The number of hydrogen-bond acceptors (Lipinski definition) is 0. The molecule has 0 aromatic carbocycles. The fourth-order valence-electron chi connectivity index (χ4n) is 3.75. The van der Waals surface area contributed by atoms with Gasteiger partial charge in [0.2, 0.25) is 0 Å². The van der Waals surface area contributed by atoms with E-state index in [0.717, 1.165) is 23.7 Å². The highest BCUT2D eigenvalue weighted by atomic mass is 14.8. The Hall–Kier alpha value is -0.260. The highest BCUT2D eigenvalue weighted by Crippen LogP contribution is 2.78. The average Bonchev–Trinajstić information content (AvgIpc) is 2.54. The first-order chi connectivity index (χ1) is 5.70. The molecule has 0 spiro atoms. The van der Waals surface area contributed by atoms with Crippen LogP contribution in [0.3, 0.4) is 0 Å². The van der Waals surface area contributed by atoms with Crippen LogP contribution >= 0.6 is 0 Å². The van der Waals surface area contributed by atoms with Crippen molar-refractivity contribution in [2.24, 2.45) is 29.1 Å². The highest BCUT2D eigenvalue weighted by molar-refractivity contribution is 5.24. The third-order valence-corrected chi connectivity index (χ3v) is 4.68. The van der Waals surface area contributed by atoms with E-state index in [0.29, 0.717) is 5.41 Å². The third-order valence-electron chi connectivity index (χ3n) is 4.68. The summed E-state index contributed by atoms with van der Waals surface area (Å²) in [4.78, 5) is 0. The molecule has 0 aromatic heterocycles. The third kappa shape index (κ3) is 0.694. The summed E-state index contributed by atoms with van der Waals surface area (Å²) in [6.45, 7) is 11.1. The molecule has 2 aliphatic rings. The second-order valence-electron chi connectivity index (χ2n) is 4.80. The van der Waals surface area contributed by atoms with Crippen molar-refractivity contribution >= 4 is 0 Å². The Balaban J connectivity index is 2.11. The second-order valence-corrected chi connectivity index (χ2v) is 4.80. The van der Waals surface area contributed by atoms with Crippen LogP contribution in [-0.4, -0.2) is 0 Å². The molecule has 68 valence electrons. The second kappa shape index (κ2) is 2.37. The van der Waals surface area contributed by atoms with Crippen molar-refractivity contribution in [3.63, 3.8) is 0 Å². The maximum atomic E-state index is 3.96. The van der Waals surface area contributed by atoms with Crippen LogP contribution in [-0.2, 0) is 0 Å². The molecule has 0 aliphatic heterocycles. The molecule has 0 nitrogen and oxygen atoms in total. The van der Waals surface area contributed by atoms with Crippen molar-refractivity contribution in [3.8, 4) is 0 Å². The summed E-state index contributed by atoms with van der Waals surface area (Å²) in [5.41, 5.74) is 0.694. The van der Waals surface area contributed by atoms with Crippen LogP contribution in [0.25, 0.3) is 0 Å². The first kappa shape index (κ1) is 8.34.